The van der Waals surface area contributed by atoms with Crippen LogP contribution in [0.25, 0.3) is 0 Å². The lowest BCUT2D eigenvalue weighted by molar-refractivity contribution is 1.28. The van der Waals surface area contributed by atoms with Gasteiger partial charge in [-0.05, 0) is 23.9 Å². The molecule has 0 saturated carbocycles. The van der Waals surface area contributed by atoms with Gasteiger partial charge < -0.3 is 0 Å². The average molecular weight is 179 g/mol. The van der Waals surface area contributed by atoms with Crippen molar-refractivity contribution in [2.75, 3.05) is 6.26 Å². The summed E-state index contributed by atoms with van der Waals surface area (Å²) >= 11 is 1.52. The summed E-state index contributed by atoms with van der Waals surface area (Å²) in [4.78, 5) is 0. The Labute approximate surface area is 78.0 Å². The third kappa shape index (κ3) is 2.38. The summed E-state index contributed by atoms with van der Waals surface area (Å²) in [6.45, 7) is 2.13. The second-order valence-electron chi connectivity index (χ2n) is 2.44. The summed E-state index contributed by atoms with van der Waals surface area (Å²) in [5, 5.41) is 0. The van der Waals surface area contributed by atoms with Crippen molar-refractivity contribution in [2.24, 2.45) is 4.40 Å². The second-order valence-corrected chi connectivity index (χ2v) is 2.99. The lowest BCUT2D eigenvalue weighted by Crippen LogP contribution is -1.96. The Hall–Kier alpha value is -0.760. The van der Waals surface area contributed by atoms with Gasteiger partial charge in [0.15, 0.2) is 0 Å². The first kappa shape index (κ1) is 9.33. The molecule has 0 N–H and O–H groups in total. The van der Waals surface area contributed by atoms with Crippen LogP contribution in [0.4, 0.5) is 0 Å². The molecule has 0 unspecified atom stereocenters. The van der Waals surface area contributed by atoms with Gasteiger partial charge in [0, 0.05) is 6.26 Å². The first-order valence-corrected chi connectivity index (χ1v) is 5.22. The molecule has 1 rings (SSSR count). The molecule has 12 heavy (non-hydrogen) atoms. The third-order valence-corrected chi connectivity index (χ3v) is 2.05. The maximum atomic E-state index is 4.35. The number of benzene rings is 1. The molecule has 0 radical (unpaired) electrons. The van der Waals surface area contributed by atoms with Crippen molar-refractivity contribution in [3.8, 4) is 0 Å². The molecule has 0 spiro atoms. The van der Waals surface area contributed by atoms with E-state index in [2.05, 4.69) is 23.5 Å². The highest BCUT2D eigenvalue weighted by atomic mass is 32.2. The molecule has 0 heterocycles. The summed E-state index contributed by atoms with van der Waals surface area (Å²) in [5.74, 6) is 0. The van der Waals surface area contributed by atoms with E-state index in [9.17, 15) is 0 Å². The molecule has 1 aromatic rings. The van der Waals surface area contributed by atoms with Gasteiger partial charge in [-0.1, -0.05) is 37.3 Å². The van der Waals surface area contributed by atoms with Gasteiger partial charge in [0.1, 0.15) is 0 Å². The van der Waals surface area contributed by atoms with E-state index in [4.69, 9.17) is 0 Å². The fraction of sp³-hybridized carbons (Fsp3) is 0.300. The van der Waals surface area contributed by atoms with Gasteiger partial charge in [0.2, 0.25) is 0 Å². The van der Waals surface area contributed by atoms with Gasteiger partial charge in [0.25, 0.3) is 0 Å². The molecule has 0 aliphatic rings. The van der Waals surface area contributed by atoms with Crippen molar-refractivity contribution in [3.05, 3.63) is 35.9 Å². The number of nitrogens with zero attached hydrogens (tertiary/aromatic N) is 1. The van der Waals surface area contributed by atoms with Gasteiger partial charge in [-0.15, -0.1) is 0 Å². The van der Waals surface area contributed by atoms with Crippen LogP contribution in [0.1, 0.15) is 18.9 Å². The van der Waals surface area contributed by atoms with Crippen molar-refractivity contribution < 1.29 is 0 Å². The van der Waals surface area contributed by atoms with Crippen LogP contribution in [0.3, 0.4) is 0 Å². The summed E-state index contributed by atoms with van der Waals surface area (Å²) < 4.78 is 4.35. The third-order valence-electron chi connectivity index (χ3n) is 1.64. The predicted molar refractivity (Wildman–Crippen MR) is 56.8 cm³/mol. The zero-order valence-electron chi connectivity index (χ0n) is 7.45. The minimum Gasteiger partial charge on any atom is -0.221 e. The number of rotatable bonds is 3. The summed E-state index contributed by atoms with van der Waals surface area (Å²) in [5.41, 5.74) is 2.40. The van der Waals surface area contributed by atoms with Crippen LogP contribution >= 0.6 is 11.9 Å². The molecule has 0 aromatic heterocycles. The van der Waals surface area contributed by atoms with E-state index in [-0.39, 0.29) is 0 Å². The smallest absolute Gasteiger partial charge is 0.0556 e. The van der Waals surface area contributed by atoms with Crippen LogP contribution in [-0.4, -0.2) is 12.0 Å². The number of hydrogen-bond acceptors (Lipinski definition) is 2. The zero-order chi connectivity index (χ0) is 8.81. The highest BCUT2D eigenvalue weighted by Gasteiger charge is 1.97. The lowest BCUT2D eigenvalue weighted by Gasteiger charge is -2.01. The fourth-order valence-electron chi connectivity index (χ4n) is 1.06. The summed E-state index contributed by atoms with van der Waals surface area (Å²) in [7, 11) is 0. The van der Waals surface area contributed by atoms with E-state index in [0.717, 1.165) is 6.42 Å². The van der Waals surface area contributed by atoms with Crippen LogP contribution in [0.5, 0.6) is 0 Å². The van der Waals surface area contributed by atoms with Crippen molar-refractivity contribution in [3.63, 3.8) is 0 Å². The van der Waals surface area contributed by atoms with Crippen LogP contribution < -0.4 is 0 Å². The van der Waals surface area contributed by atoms with Crippen LogP contribution in [-0.2, 0) is 0 Å². The molecule has 64 valence electrons. The summed E-state index contributed by atoms with van der Waals surface area (Å²) in [6, 6.07) is 10.3. The predicted octanol–water partition coefficient (Wildman–Crippen LogP) is 3.16. The molecule has 0 amide bonds. The summed E-state index contributed by atoms with van der Waals surface area (Å²) in [6.07, 6.45) is 2.98. The van der Waals surface area contributed by atoms with E-state index in [1.807, 2.05) is 24.5 Å². The Morgan fingerprint density at radius 2 is 2.00 bits per heavy atom. The molecule has 0 bridgehead atoms. The van der Waals surface area contributed by atoms with Crippen molar-refractivity contribution in [1.82, 2.24) is 0 Å². The minimum atomic E-state index is 0.991. The standard InChI is InChI=1S/C10H13NS/c1-3-10(11-12-2)9-7-5-4-6-8-9/h4-8H,3H2,1-2H3/b11-10+. The molecule has 0 aliphatic heterocycles. The molecule has 1 nitrogen and oxygen atoms in total. The second kappa shape index (κ2) is 4.99. The first-order chi connectivity index (χ1) is 5.88. The van der Waals surface area contributed by atoms with E-state index >= 15 is 0 Å². The highest BCUT2D eigenvalue weighted by molar-refractivity contribution is 7.97. The van der Waals surface area contributed by atoms with E-state index in [1.54, 1.807) is 0 Å². The van der Waals surface area contributed by atoms with Crippen molar-refractivity contribution in [1.29, 1.82) is 0 Å². The van der Waals surface area contributed by atoms with Crippen molar-refractivity contribution >= 4 is 17.7 Å². The average Bonchev–Trinajstić information content (AvgIpc) is 2.15. The number of hydrogen-bond donors (Lipinski definition) is 0. The normalized spacial score (nSPS) is 11.7. The van der Waals surface area contributed by atoms with Gasteiger partial charge >= 0.3 is 0 Å². The van der Waals surface area contributed by atoms with Crippen LogP contribution in [0.2, 0.25) is 0 Å². The molecule has 0 fully saturated rings. The van der Waals surface area contributed by atoms with E-state index < -0.39 is 0 Å². The Bertz CT molecular complexity index is 254. The van der Waals surface area contributed by atoms with E-state index in [0.29, 0.717) is 0 Å². The van der Waals surface area contributed by atoms with Gasteiger partial charge in [-0.2, -0.15) is 0 Å². The van der Waals surface area contributed by atoms with Crippen molar-refractivity contribution in [2.45, 2.75) is 13.3 Å². The molecule has 2 heteroatoms. The Kier molecular flexibility index (Phi) is 3.88. The molecule has 0 aliphatic carbocycles. The van der Waals surface area contributed by atoms with E-state index in [1.165, 1.54) is 23.2 Å². The molecule has 0 atom stereocenters. The Balaban J connectivity index is 2.88. The fourth-order valence-corrected chi connectivity index (χ4v) is 1.52. The first-order valence-electron chi connectivity index (χ1n) is 4.04. The highest BCUT2D eigenvalue weighted by Crippen LogP contribution is 2.07. The Morgan fingerprint density at radius 3 is 2.50 bits per heavy atom. The van der Waals surface area contributed by atoms with Crippen LogP contribution in [0.15, 0.2) is 34.7 Å². The monoisotopic (exact) mass is 179 g/mol. The SMILES string of the molecule is CC/C(=N\SC)c1ccccc1. The molecule has 1 aromatic carbocycles. The van der Waals surface area contributed by atoms with Gasteiger partial charge in [-0.3, -0.25) is 0 Å². The quantitative estimate of drug-likeness (QED) is 0.513. The van der Waals surface area contributed by atoms with Gasteiger partial charge in [-0.25, -0.2) is 4.40 Å². The largest absolute Gasteiger partial charge is 0.221 e. The molecular weight excluding hydrogens is 166 g/mol. The maximum absolute atomic E-state index is 4.35. The molecular formula is C10H13NS. The van der Waals surface area contributed by atoms with Crippen LogP contribution in [0, 0.1) is 0 Å². The minimum absolute atomic E-state index is 0.991. The lowest BCUT2D eigenvalue weighted by atomic mass is 10.1. The zero-order valence-corrected chi connectivity index (χ0v) is 8.27. The maximum Gasteiger partial charge on any atom is 0.0556 e. The topological polar surface area (TPSA) is 12.4 Å². The Morgan fingerprint density at radius 1 is 1.33 bits per heavy atom. The molecule has 0 saturated heterocycles. The van der Waals surface area contributed by atoms with Gasteiger partial charge in [0.05, 0.1) is 5.71 Å².